The number of benzene rings is 2. The first-order valence-corrected chi connectivity index (χ1v) is 8.25. The van der Waals surface area contributed by atoms with Gasteiger partial charge in [0.2, 0.25) is 5.91 Å². The van der Waals surface area contributed by atoms with Crippen molar-refractivity contribution in [1.82, 2.24) is 4.90 Å². The van der Waals surface area contributed by atoms with Crippen molar-refractivity contribution < 1.29 is 14.3 Å². The molecule has 0 heterocycles. The molecule has 0 saturated carbocycles. The maximum atomic E-state index is 12.5. The van der Waals surface area contributed by atoms with Gasteiger partial charge in [-0.3, -0.25) is 4.79 Å². The second-order valence-electron chi connectivity index (χ2n) is 5.66. The van der Waals surface area contributed by atoms with E-state index in [1.807, 2.05) is 43.3 Å². The quantitative estimate of drug-likeness (QED) is 0.708. The number of carbonyl (C=O) groups is 1. The molecular formula is C20H22ClNO3. The second kappa shape index (κ2) is 8.58. The van der Waals surface area contributed by atoms with Crippen molar-refractivity contribution in [2.75, 3.05) is 21.3 Å². The van der Waals surface area contributed by atoms with E-state index in [2.05, 4.69) is 0 Å². The summed E-state index contributed by atoms with van der Waals surface area (Å²) in [7, 11) is 4.96. The number of halogens is 1. The Morgan fingerprint density at radius 1 is 1.08 bits per heavy atom. The highest BCUT2D eigenvalue weighted by Gasteiger charge is 2.15. The van der Waals surface area contributed by atoms with Crippen LogP contribution in [0.1, 0.15) is 24.1 Å². The van der Waals surface area contributed by atoms with Gasteiger partial charge in [-0.2, -0.15) is 0 Å². The zero-order chi connectivity index (χ0) is 18.4. The number of amides is 1. The second-order valence-corrected chi connectivity index (χ2v) is 6.09. The van der Waals surface area contributed by atoms with Crippen LogP contribution in [0.4, 0.5) is 0 Å². The molecule has 0 N–H and O–H groups in total. The highest BCUT2D eigenvalue weighted by molar-refractivity contribution is 6.30. The smallest absolute Gasteiger partial charge is 0.246 e. The molecule has 2 aromatic carbocycles. The Labute approximate surface area is 153 Å². The molecule has 5 heteroatoms. The van der Waals surface area contributed by atoms with Crippen LogP contribution in [0.2, 0.25) is 5.02 Å². The molecule has 2 rings (SSSR count). The fraction of sp³-hybridized carbons (Fsp3) is 0.250. The van der Waals surface area contributed by atoms with Crippen molar-refractivity contribution >= 4 is 23.6 Å². The number of rotatable bonds is 6. The Morgan fingerprint density at radius 2 is 1.64 bits per heavy atom. The third-order valence-corrected chi connectivity index (χ3v) is 4.33. The normalized spacial score (nSPS) is 12.0. The predicted molar refractivity (Wildman–Crippen MR) is 101 cm³/mol. The maximum Gasteiger partial charge on any atom is 0.246 e. The minimum absolute atomic E-state index is 0.0609. The topological polar surface area (TPSA) is 38.8 Å². The number of carbonyl (C=O) groups excluding carboxylic acids is 1. The SMILES string of the molecule is COc1cc(/C=C/C(=O)N(C)C(C)c2ccc(Cl)cc2)cc(OC)c1. The van der Waals surface area contributed by atoms with E-state index in [0.29, 0.717) is 16.5 Å². The van der Waals surface area contributed by atoms with E-state index in [1.165, 1.54) is 0 Å². The molecule has 132 valence electrons. The molecule has 0 spiro atoms. The van der Waals surface area contributed by atoms with E-state index in [1.54, 1.807) is 44.4 Å². The molecule has 0 bridgehead atoms. The van der Waals surface area contributed by atoms with E-state index in [9.17, 15) is 4.79 Å². The molecule has 25 heavy (non-hydrogen) atoms. The Bertz CT molecular complexity index is 734. The summed E-state index contributed by atoms with van der Waals surface area (Å²) in [6.45, 7) is 1.98. The summed E-state index contributed by atoms with van der Waals surface area (Å²) in [5, 5.41) is 0.678. The fourth-order valence-corrected chi connectivity index (χ4v) is 2.49. The fourth-order valence-electron chi connectivity index (χ4n) is 2.37. The van der Waals surface area contributed by atoms with Gasteiger partial charge < -0.3 is 14.4 Å². The highest BCUT2D eigenvalue weighted by Crippen LogP contribution is 2.24. The summed E-state index contributed by atoms with van der Waals surface area (Å²) in [5.41, 5.74) is 1.86. The first kappa shape index (κ1) is 18.9. The van der Waals surface area contributed by atoms with Crippen LogP contribution >= 0.6 is 11.6 Å². The third kappa shape index (κ3) is 5.00. The van der Waals surface area contributed by atoms with Crippen LogP contribution in [0.25, 0.3) is 6.08 Å². The van der Waals surface area contributed by atoms with Gasteiger partial charge in [0.1, 0.15) is 11.5 Å². The molecule has 0 aliphatic heterocycles. The average Bonchev–Trinajstić information content (AvgIpc) is 2.65. The van der Waals surface area contributed by atoms with Crippen LogP contribution in [-0.4, -0.2) is 32.1 Å². The number of ether oxygens (including phenoxy) is 2. The molecule has 0 fully saturated rings. The van der Waals surface area contributed by atoms with Gasteiger partial charge in [-0.15, -0.1) is 0 Å². The first-order valence-electron chi connectivity index (χ1n) is 7.88. The minimum atomic E-state index is -0.0933. The number of methoxy groups -OCH3 is 2. The third-order valence-electron chi connectivity index (χ3n) is 4.07. The molecule has 2 aromatic rings. The van der Waals surface area contributed by atoms with Crippen LogP contribution in [0, 0.1) is 0 Å². The van der Waals surface area contributed by atoms with Crippen molar-refractivity contribution in [3.8, 4) is 11.5 Å². The lowest BCUT2D eigenvalue weighted by atomic mass is 10.1. The van der Waals surface area contributed by atoms with Gasteiger partial charge in [0.25, 0.3) is 0 Å². The lowest BCUT2D eigenvalue weighted by molar-refractivity contribution is -0.126. The van der Waals surface area contributed by atoms with Crippen LogP contribution < -0.4 is 9.47 Å². The molecule has 4 nitrogen and oxygen atoms in total. The number of hydrogen-bond acceptors (Lipinski definition) is 3. The van der Waals surface area contributed by atoms with Crippen LogP contribution in [-0.2, 0) is 4.79 Å². The van der Waals surface area contributed by atoms with Crippen molar-refractivity contribution in [2.45, 2.75) is 13.0 Å². The summed E-state index contributed by atoms with van der Waals surface area (Å²) in [6, 6.07) is 12.9. The average molecular weight is 360 g/mol. The molecule has 1 unspecified atom stereocenters. The van der Waals surface area contributed by atoms with Crippen LogP contribution in [0.3, 0.4) is 0 Å². The van der Waals surface area contributed by atoms with E-state index in [0.717, 1.165) is 11.1 Å². The lowest BCUT2D eigenvalue weighted by Crippen LogP contribution is -2.27. The first-order chi connectivity index (χ1) is 11.9. The summed E-state index contributed by atoms with van der Waals surface area (Å²) < 4.78 is 10.5. The van der Waals surface area contributed by atoms with Crippen molar-refractivity contribution in [3.63, 3.8) is 0 Å². The molecule has 0 aromatic heterocycles. The van der Waals surface area contributed by atoms with Gasteiger partial charge in [0, 0.05) is 24.2 Å². The molecule has 1 amide bonds. The molecule has 0 aliphatic rings. The summed E-state index contributed by atoms with van der Waals surface area (Å²) >= 11 is 5.91. The summed E-state index contributed by atoms with van der Waals surface area (Å²) in [4.78, 5) is 14.1. The zero-order valence-electron chi connectivity index (χ0n) is 14.8. The molecule has 0 radical (unpaired) electrons. The van der Waals surface area contributed by atoms with E-state index < -0.39 is 0 Å². The van der Waals surface area contributed by atoms with Crippen molar-refractivity contribution in [2.24, 2.45) is 0 Å². The van der Waals surface area contributed by atoms with Crippen LogP contribution in [0.5, 0.6) is 11.5 Å². The van der Waals surface area contributed by atoms with Gasteiger partial charge in [0.15, 0.2) is 0 Å². The van der Waals surface area contributed by atoms with E-state index in [4.69, 9.17) is 21.1 Å². The predicted octanol–water partition coefficient (Wildman–Crippen LogP) is 4.59. The lowest BCUT2D eigenvalue weighted by Gasteiger charge is -2.24. The summed E-state index contributed by atoms with van der Waals surface area (Å²) in [5.74, 6) is 1.26. The molecule has 0 saturated heterocycles. The van der Waals surface area contributed by atoms with Crippen molar-refractivity contribution in [1.29, 1.82) is 0 Å². The Hall–Kier alpha value is -2.46. The monoisotopic (exact) mass is 359 g/mol. The Kier molecular flexibility index (Phi) is 6.48. The van der Waals surface area contributed by atoms with Crippen molar-refractivity contribution in [3.05, 3.63) is 64.7 Å². The number of hydrogen-bond donors (Lipinski definition) is 0. The summed E-state index contributed by atoms with van der Waals surface area (Å²) in [6.07, 6.45) is 3.29. The number of likely N-dealkylation sites (N-methyl/N-ethyl adjacent to an activating group) is 1. The Balaban J connectivity index is 2.12. The van der Waals surface area contributed by atoms with E-state index >= 15 is 0 Å². The van der Waals surface area contributed by atoms with Gasteiger partial charge >= 0.3 is 0 Å². The Morgan fingerprint density at radius 3 is 2.16 bits per heavy atom. The van der Waals surface area contributed by atoms with Gasteiger partial charge in [-0.25, -0.2) is 0 Å². The minimum Gasteiger partial charge on any atom is -0.497 e. The van der Waals surface area contributed by atoms with Crippen LogP contribution in [0.15, 0.2) is 48.5 Å². The standard InChI is InChI=1S/C20H22ClNO3/c1-14(16-6-8-17(21)9-7-16)22(2)20(23)10-5-15-11-18(24-3)13-19(12-15)25-4/h5-14H,1-4H3/b10-5+. The largest absolute Gasteiger partial charge is 0.497 e. The van der Waals surface area contributed by atoms with Gasteiger partial charge in [-0.05, 0) is 48.4 Å². The number of nitrogens with zero attached hydrogens (tertiary/aromatic N) is 1. The van der Waals surface area contributed by atoms with Gasteiger partial charge in [0.05, 0.1) is 20.3 Å². The molecular weight excluding hydrogens is 338 g/mol. The highest BCUT2D eigenvalue weighted by atomic mass is 35.5. The zero-order valence-corrected chi connectivity index (χ0v) is 15.6. The molecule has 0 aliphatic carbocycles. The maximum absolute atomic E-state index is 12.5. The van der Waals surface area contributed by atoms with E-state index in [-0.39, 0.29) is 11.9 Å². The van der Waals surface area contributed by atoms with Gasteiger partial charge in [-0.1, -0.05) is 23.7 Å². The molecule has 1 atom stereocenters.